The second-order valence-electron chi connectivity index (χ2n) is 9.44. The van der Waals surface area contributed by atoms with Gasteiger partial charge in [0.05, 0.1) is 0 Å². The molecule has 0 bridgehead atoms. The van der Waals surface area contributed by atoms with Crippen molar-refractivity contribution in [2.75, 3.05) is 0 Å². The molecule has 0 nitrogen and oxygen atoms in total. The largest absolute Gasteiger partial charge is 0.0654 e. The molecule has 1 aliphatic carbocycles. The van der Waals surface area contributed by atoms with E-state index in [1.807, 2.05) is 0 Å². The highest BCUT2D eigenvalue weighted by atomic mass is 14.3. The van der Waals surface area contributed by atoms with E-state index in [0.29, 0.717) is 0 Å². The normalized spacial score (nSPS) is 19.4. The Labute approximate surface area is 180 Å². The fourth-order valence-corrected chi connectivity index (χ4v) is 5.16. The minimum Gasteiger partial charge on any atom is -0.0654 e. The number of hydrogen-bond donors (Lipinski definition) is 0. The maximum absolute atomic E-state index is 2.48. The lowest BCUT2D eigenvalue weighted by Gasteiger charge is -2.29. The molecule has 0 unspecified atom stereocenters. The van der Waals surface area contributed by atoms with Crippen LogP contribution in [0.15, 0.2) is 42.5 Å². The Bertz CT molecular complexity index is 716. The summed E-state index contributed by atoms with van der Waals surface area (Å²) in [5.41, 5.74) is 7.27. The molecule has 0 heterocycles. The van der Waals surface area contributed by atoms with Crippen LogP contribution >= 0.6 is 0 Å². The molecule has 0 spiro atoms. The van der Waals surface area contributed by atoms with E-state index in [4.69, 9.17) is 0 Å². The first-order chi connectivity index (χ1) is 14.2. The highest BCUT2D eigenvalue weighted by Crippen LogP contribution is 2.39. The molecule has 29 heavy (non-hydrogen) atoms. The summed E-state index contributed by atoms with van der Waals surface area (Å²) in [6, 6.07) is 16.6. The van der Waals surface area contributed by atoms with Crippen LogP contribution in [-0.2, 0) is 6.42 Å². The minimum atomic E-state index is 0.783. The molecule has 2 aromatic carbocycles. The van der Waals surface area contributed by atoms with Crippen molar-refractivity contribution in [1.82, 2.24) is 0 Å². The van der Waals surface area contributed by atoms with Crippen LogP contribution in [0.3, 0.4) is 0 Å². The Balaban J connectivity index is 1.58. The molecule has 1 fully saturated rings. The first-order valence-electron chi connectivity index (χ1n) is 12.4. The number of aryl methyl sites for hydroxylation is 2. The fourth-order valence-electron chi connectivity index (χ4n) is 5.16. The molecule has 3 rings (SSSR count). The van der Waals surface area contributed by atoms with E-state index >= 15 is 0 Å². The lowest BCUT2D eigenvalue weighted by atomic mass is 9.76. The van der Waals surface area contributed by atoms with Gasteiger partial charge < -0.3 is 0 Å². The highest BCUT2D eigenvalue weighted by molar-refractivity contribution is 5.68. The second-order valence-corrected chi connectivity index (χ2v) is 9.44. The Hall–Kier alpha value is -1.56. The van der Waals surface area contributed by atoms with Crippen molar-refractivity contribution in [1.29, 1.82) is 0 Å². The predicted molar refractivity (Wildman–Crippen MR) is 129 cm³/mol. The van der Waals surface area contributed by atoms with Crippen molar-refractivity contribution in [2.45, 2.75) is 104 Å². The van der Waals surface area contributed by atoms with Crippen molar-refractivity contribution in [2.24, 2.45) is 5.92 Å². The van der Waals surface area contributed by atoms with E-state index in [1.54, 1.807) is 5.56 Å². The van der Waals surface area contributed by atoms with Crippen molar-refractivity contribution >= 4 is 0 Å². The van der Waals surface area contributed by atoms with Crippen LogP contribution in [0.25, 0.3) is 11.1 Å². The van der Waals surface area contributed by atoms with Crippen LogP contribution in [0.2, 0.25) is 0 Å². The van der Waals surface area contributed by atoms with E-state index in [2.05, 4.69) is 63.2 Å². The first kappa shape index (κ1) is 22.1. The van der Waals surface area contributed by atoms with Gasteiger partial charge in [-0.05, 0) is 85.1 Å². The molecule has 0 N–H and O–H groups in total. The molecule has 1 aliphatic rings. The van der Waals surface area contributed by atoms with E-state index in [9.17, 15) is 0 Å². The Morgan fingerprint density at radius 1 is 0.759 bits per heavy atom. The molecule has 0 aliphatic heterocycles. The van der Waals surface area contributed by atoms with Crippen molar-refractivity contribution in [3.8, 4) is 11.1 Å². The van der Waals surface area contributed by atoms with Crippen molar-refractivity contribution in [3.63, 3.8) is 0 Å². The van der Waals surface area contributed by atoms with Crippen LogP contribution in [0, 0.1) is 12.8 Å². The average Bonchev–Trinajstić information content (AvgIpc) is 2.75. The number of unbranched alkanes of at least 4 members (excludes halogenated alkanes) is 4. The second kappa shape index (κ2) is 11.6. The van der Waals surface area contributed by atoms with Crippen LogP contribution in [-0.4, -0.2) is 0 Å². The smallest absolute Gasteiger partial charge is 0.0155 e. The molecule has 0 atom stereocenters. The van der Waals surface area contributed by atoms with Crippen molar-refractivity contribution in [3.05, 3.63) is 59.2 Å². The minimum absolute atomic E-state index is 0.783. The maximum Gasteiger partial charge on any atom is -0.0155 e. The van der Waals surface area contributed by atoms with Gasteiger partial charge in [-0.15, -0.1) is 0 Å². The van der Waals surface area contributed by atoms with Gasteiger partial charge in [0, 0.05) is 0 Å². The molecule has 0 saturated heterocycles. The standard InChI is InChI=1S/C29H42/c1-4-6-8-10-24-12-16-26(17-13-24)28-20-21-29(23(3)22-28)27-18-14-25(15-19-27)11-9-7-5-2/h14-15,18-22,24,26H,4-13,16-17H2,1-3H3/t24-,26-. The van der Waals surface area contributed by atoms with Gasteiger partial charge in [0.25, 0.3) is 0 Å². The topological polar surface area (TPSA) is 0 Å². The summed E-state index contributed by atoms with van der Waals surface area (Å²) < 4.78 is 0. The molecule has 1 saturated carbocycles. The molecular formula is C29H42. The van der Waals surface area contributed by atoms with Gasteiger partial charge in [-0.3, -0.25) is 0 Å². The summed E-state index contributed by atoms with van der Waals surface area (Å²) in [5, 5.41) is 0. The predicted octanol–water partition coefficient (Wildman–Crippen LogP) is 9.25. The number of rotatable bonds is 10. The third-order valence-electron chi connectivity index (χ3n) is 7.12. The molecular weight excluding hydrogens is 348 g/mol. The Morgan fingerprint density at radius 2 is 1.45 bits per heavy atom. The zero-order chi connectivity index (χ0) is 20.5. The van der Waals surface area contributed by atoms with Crippen LogP contribution in [0.4, 0.5) is 0 Å². The maximum atomic E-state index is 2.48. The van der Waals surface area contributed by atoms with Gasteiger partial charge in [-0.25, -0.2) is 0 Å². The van der Waals surface area contributed by atoms with Gasteiger partial charge in [0.2, 0.25) is 0 Å². The van der Waals surface area contributed by atoms with E-state index in [1.165, 1.54) is 99.3 Å². The lowest BCUT2D eigenvalue weighted by Crippen LogP contribution is -2.13. The Kier molecular flexibility index (Phi) is 8.84. The van der Waals surface area contributed by atoms with Gasteiger partial charge in [0.1, 0.15) is 0 Å². The number of hydrogen-bond acceptors (Lipinski definition) is 0. The van der Waals surface area contributed by atoms with E-state index in [-0.39, 0.29) is 0 Å². The monoisotopic (exact) mass is 390 g/mol. The molecule has 0 amide bonds. The molecule has 0 radical (unpaired) electrons. The quantitative estimate of drug-likeness (QED) is 0.354. The van der Waals surface area contributed by atoms with Crippen LogP contribution < -0.4 is 0 Å². The zero-order valence-electron chi connectivity index (χ0n) is 19.2. The lowest BCUT2D eigenvalue weighted by molar-refractivity contribution is 0.303. The van der Waals surface area contributed by atoms with E-state index in [0.717, 1.165) is 11.8 Å². The first-order valence-corrected chi connectivity index (χ1v) is 12.4. The van der Waals surface area contributed by atoms with Crippen LogP contribution in [0.1, 0.15) is 107 Å². The third kappa shape index (κ3) is 6.46. The molecule has 0 aromatic heterocycles. The molecule has 0 heteroatoms. The summed E-state index contributed by atoms with van der Waals surface area (Å²) in [6.07, 6.45) is 16.5. The van der Waals surface area contributed by atoms with E-state index < -0.39 is 0 Å². The fraction of sp³-hybridized carbons (Fsp3) is 0.586. The van der Waals surface area contributed by atoms with Crippen LogP contribution in [0.5, 0.6) is 0 Å². The van der Waals surface area contributed by atoms with Gasteiger partial charge in [-0.2, -0.15) is 0 Å². The third-order valence-corrected chi connectivity index (χ3v) is 7.12. The molecule has 158 valence electrons. The zero-order valence-corrected chi connectivity index (χ0v) is 19.2. The number of benzene rings is 2. The molecule has 2 aromatic rings. The average molecular weight is 391 g/mol. The summed E-state index contributed by atoms with van der Waals surface area (Å²) in [5.74, 6) is 1.78. The van der Waals surface area contributed by atoms with Gasteiger partial charge in [0.15, 0.2) is 0 Å². The Morgan fingerprint density at radius 3 is 2.10 bits per heavy atom. The summed E-state index contributed by atoms with van der Waals surface area (Å²) in [6.45, 7) is 6.88. The van der Waals surface area contributed by atoms with Gasteiger partial charge in [-0.1, -0.05) is 94.8 Å². The summed E-state index contributed by atoms with van der Waals surface area (Å²) >= 11 is 0. The van der Waals surface area contributed by atoms with Gasteiger partial charge >= 0.3 is 0 Å². The highest BCUT2D eigenvalue weighted by Gasteiger charge is 2.22. The van der Waals surface area contributed by atoms with Crippen molar-refractivity contribution < 1.29 is 0 Å². The summed E-state index contributed by atoms with van der Waals surface area (Å²) in [4.78, 5) is 0. The SMILES string of the molecule is CCCCCc1ccc(-c2ccc([C@H]3CC[C@H](CCCCC)CC3)cc2C)cc1. The summed E-state index contributed by atoms with van der Waals surface area (Å²) in [7, 11) is 0.